The summed E-state index contributed by atoms with van der Waals surface area (Å²) in [6, 6.07) is 0. The number of rotatable bonds is 3. The average Bonchev–Trinajstić information content (AvgIpc) is 2.19. The minimum atomic E-state index is -0.505. The van der Waals surface area contributed by atoms with Crippen LogP contribution < -0.4 is 11.1 Å². The first-order valence-electron chi connectivity index (χ1n) is 4.42. The summed E-state index contributed by atoms with van der Waals surface area (Å²) in [6.07, 6.45) is 1.30. The Labute approximate surface area is 77.2 Å². The average molecular weight is 188 g/mol. The first kappa shape index (κ1) is 10.4. The van der Waals surface area contributed by atoms with Crippen molar-refractivity contribution in [3.05, 3.63) is 0 Å². The van der Waals surface area contributed by atoms with Crippen LogP contribution in [-0.2, 0) is 9.53 Å². The lowest BCUT2D eigenvalue weighted by molar-refractivity contribution is -0.123. The second kappa shape index (κ2) is 4.55. The van der Waals surface area contributed by atoms with E-state index in [4.69, 9.17) is 10.5 Å². The van der Waals surface area contributed by atoms with Gasteiger partial charge in [-0.3, -0.25) is 4.79 Å². The summed E-state index contributed by atoms with van der Waals surface area (Å²) in [5.74, 6) is -0.226. The molecule has 0 bridgehead atoms. The summed E-state index contributed by atoms with van der Waals surface area (Å²) in [6.45, 7) is 1.06. The van der Waals surface area contributed by atoms with Crippen LogP contribution in [0.25, 0.3) is 0 Å². The van der Waals surface area contributed by atoms with Crippen LogP contribution in [0, 0.1) is 0 Å². The molecule has 0 aromatic heterocycles. The fraction of sp³-hybridized carbons (Fsp3) is 0.875. The lowest BCUT2D eigenvalue weighted by atomic mass is 9.91. The molecule has 4 N–H and O–H groups in total. The molecule has 1 aliphatic rings. The molecule has 1 aliphatic heterocycles. The molecule has 0 aromatic rings. The van der Waals surface area contributed by atoms with Gasteiger partial charge in [0.1, 0.15) is 0 Å². The number of carbonyl (C=O) groups is 1. The predicted molar refractivity (Wildman–Crippen MR) is 47.1 cm³/mol. The molecule has 13 heavy (non-hydrogen) atoms. The third-order valence-electron chi connectivity index (χ3n) is 2.34. The van der Waals surface area contributed by atoms with E-state index in [1.807, 2.05) is 0 Å². The van der Waals surface area contributed by atoms with E-state index in [0.717, 1.165) is 0 Å². The zero-order chi connectivity index (χ0) is 9.73. The fourth-order valence-electron chi connectivity index (χ4n) is 1.43. The third kappa shape index (κ3) is 2.65. The Morgan fingerprint density at radius 1 is 1.54 bits per heavy atom. The zero-order valence-electron chi connectivity index (χ0n) is 7.58. The van der Waals surface area contributed by atoms with E-state index in [-0.39, 0.29) is 19.1 Å². The lowest BCUT2D eigenvalue weighted by Crippen LogP contribution is -2.55. The van der Waals surface area contributed by atoms with Crippen LogP contribution in [0.1, 0.15) is 12.8 Å². The molecule has 0 aromatic carbocycles. The normalized spacial score (nSPS) is 21.1. The van der Waals surface area contributed by atoms with Gasteiger partial charge in [0.05, 0.1) is 18.7 Å². The van der Waals surface area contributed by atoms with Crippen molar-refractivity contribution in [1.82, 2.24) is 5.32 Å². The van der Waals surface area contributed by atoms with Gasteiger partial charge in [-0.25, -0.2) is 0 Å². The Morgan fingerprint density at radius 3 is 2.62 bits per heavy atom. The van der Waals surface area contributed by atoms with Crippen molar-refractivity contribution < 1.29 is 14.6 Å². The summed E-state index contributed by atoms with van der Waals surface area (Å²) in [5, 5.41) is 11.9. The van der Waals surface area contributed by atoms with Crippen LogP contribution in [0.5, 0.6) is 0 Å². The van der Waals surface area contributed by atoms with Gasteiger partial charge in [-0.2, -0.15) is 0 Å². The summed E-state index contributed by atoms with van der Waals surface area (Å²) >= 11 is 0. The molecule has 0 spiro atoms. The Morgan fingerprint density at radius 2 is 2.15 bits per heavy atom. The van der Waals surface area contributed by atoms with Crippen LogP contribution in [0.4, 0.5) is 0 Å². The van der Waals surface area contributed by atoms with Gasteiger partial charge < -0.3 is 20.9 Å². The number of amides is 1. The lowest BCUT2D eigenvalue weighted by Gasteiger charge is -2.36. The molecule has 1 amide bonds. The van der Waals surface area contributed by atoms with Gasteiger partial charge in [0.25, 0.3) is 0 Å². The Balaban J connectivity index is 2.52. The second-order valence-electron chi connectivity index (χ2n) is 3.30. The van der Waals surface area contributed by atoms with Crippen molar-refractivity contribution in [1.29, 1.82) is 0 Å². The van der Waals surface area contributed by atoms with Gasteiger partial charge in [-0.15, -0.1) is 0 Å². The van der Waals surface area contributed by atoms with E-state index in [0.29, 0.717) is 26.1 Å². The molecule has 5 heteroatoms. The summed E-state index contributed by atoms with van der Waals surface area (Å²) in [5.41, 5.74) is 4.67. The second-order valence-corrected chi connectivity index (χ2v) is 3.30. The van der Waals surface area contributed by atoms with Crippen molar-refractivity contribution in [2.24, 2.45) is 5.73 Å². The van der Waals surface area contributed by atoms with Crippen molar-refractivity contribution in [3.8, 4) is 0 Å². The maximum atomic E-state index is 11.1. The minimum absolute atomic E-state index is 0.0391. The van der Waals surface area contributed by atoms with Crippen molar-refractivity contribution in [2.45, 2.75) is 18.4 Å². The van der Waals surface area contributed by atoms with Crippen molar-refractivity contribution in [3.63, 3.8) is 0 Å². The number of aliphatic hydroxyl groups excluding tert-OH is 1. The number of hydrogen-bond donors (Lipinski definition) is 3. The van der Waals surface area contributed by atoms with E-state index in [1.165, 1.54) is 0 Å². The van der Waals surface area contributed by atoms with E-state index in [2.05, 4.69) is 5.32 Å². The maximum absolute atomic E-state index is 11.1. The SMILES string of the molecule is NCC(=O)NC1(CO)CCOCC1. The number of ether oxygens (including phenoxy) is 1. The van der Waals surface area contributed by atoms with Gasteiger partial charge in [0.2, 0.25) is 5.91 Å². The molecule has 5 nitrogen and oxygen atoms in total. The number of aliphatic hydroxyl groups is 1. The van der Waals surface area contributed by atoms with E-state index >= 15 is 0 Å². The molecule has 1 heterocycles. The van der Waals surface area contributed by atoms with E-state index in [1.54, 1.807) is 0 Å². The Hall–Kier alpha value is -0.650. The highest BCUT2D eigenvalue weighted by atomic mass is 16.5. The third-order valence-corrected chi connectivity index (χ3v) is 2.34. The van der Waals surface area contributed by atoms with Gasteiger partial charge in [-0.05, 0) is 12.8 Å². The molecular weight excluding hydrogens is 172 g/mol. The fourth-order valence-corrected chi connectivity index (χ4v) is 1.43. The standard InChI is InChI=1S/C8H16N2O3/c9-5-7(12)10-8(6-11)1-3-13-4-2-8/h11H,1-6,9H2,(H,10,12). The molecule has 0 unspecified atom stereocenters. The van der Waals surface area contributed by atoms with E-state index in [9.17, 15) is 9.90 Å². The minimum Gasteiger partial charge on any atom is -0.394 e. The highest BCUT2D eigenvalue weighted by Crippen LogP contribution is 2.19. The Kier molecular flexibility index (Phi) is 3.65. The smallest absolute Gasteiger partial charge is 0.234 e. The molecule has 0 radical (unpaired) electrons. The van der Waals surface area contributed by atoms with Crippen LogP contribution in [0.2, 0.25) is 0 Å². The number of nitrogens with two attached hydrogens (primary N) is 1. The van der Waals surface area contributed by atoms with Crippen molar-refractivity contribution in [2.75, 3.05) is 26.4 Å². The first-order chi connectivity index (χ1) is 6.22. The van der Waals surface area contributed by atoms with Gasteiger partial charge in [0.15, 0.2) is 0 Å². The van der Waals surface area contributed by atoms with Gasteiger partial charge in [-0.1, -0.05) is 0 Å². The molecule has 0 saturated carbocycles. The Bertz CT molecular complexity index is 178. The summed E-state index contributed by atoms with van der Waals surface area (Å²) < 4.78 is 5.15. The highest BCUT2D eigenvalue weighted by Gasteiger charge is 2.32. The molecule has 1 rings (SSSR count). The largest absolute Gasteiger partial charge is 0.394 e. The topological polar surface area (TPSA) is 84.6 Å². The monoisotopic (exact) mass is 188 g/mol. The number of hydrogen-bond acceptors (Lipinski definition) is 4. The predicted octanol–water partition coefficient (Wildman–Crippen LogP) is -1.40. The maximum Gasteiger partial charge on any atom is 0.234 e. The highest BCUT2D eigenvalue weighted by molar-refractivity contribution is 5.78. The van der Waals surface area contributed by atoms with Crippen LogP contribution in [0.15, 0.2) is 0 Å². The van der Waals surface area contributed by atoms with Crippen LogP contribution >= 0.6 is 0 Å². The molecule has 76 valence electrons. The molecule has 0 atom stereocenters. The molecular formula is C8H16N2O3. The molecule has 1 saturated heterocycles. The van der Waals surface area contributed by atoms with E-state index < -0.39 is 5.54 Å². The molecule has 1 fully saturated rings. The zero-order valence-corrected chi connectivity index (χ0v) is 7.58. The van der Waals surface area contributed by atoms with Crippen LogP contribution in [0.3, 0.4) is 0 Å². The van der Waals surface area contributed by atoms with Gasteiger partial charge >= 0.3 is 0 Å². The van der Waals surface area contributed by atoms with Crippen LogP contribution in [-0.4, -0.2) is 42.9 Å². The quantitative estimate of drug-likeness (QED) is 0.508. The number of carbonyl (C=O) groups excluding carboxylic acids is 1. The van der Waals surface area contributed by atoms with Crippen molar-refractivity contribution >= 4 is 5.91 Å². The first-order valence-corrected chi connectivity index (χ1v) is 4.42. The number of nitrogens with one attached hydrogen (secondary N) is 1. The summed E-state index contributed by atoms with van der Waals surface area (Å²) in [4.78, 5) is 11.1. The molecule has 0 aliphatic carbocycles. The van der Waals surface area contributed by atoms with Gasteiger partial charge in [0, 0.05) is 13.2 Å². The summed E-state index contributed by atoms with van der Waals surface area (Å²) in [7, 11) is 0.